The summed E-state index contributed by atoms with van der Waals surface area (Å²) in [6, 6.07) is 0. The van der Waals surface area contributed by atoms with Crippen molar-refractivity contribution in [2.24, 2.45) is 0 Å². The molecule has 7 nitrogen and oxygen atoms in total. The van der Waals surface area contributed by atoms with E-state index >= 15 is 0 Å². The van der Waals surface area contributed by atoms with Gasteiger partial charge in [-0.05, 0) is 0 Å². The molecular weight excluding hydrogens is 194 g/mol. The van der Waals surface area contributed by atoms with Gasteiger partial charge in [-0.3, -0.25) is 18.9 Å². The van der Waals surface area contributed by atoms with E-state index in [1.165, 1.54) is 0 Å². The van der Waals surface area contributed by atoms with Crippen LogP contribution in [-0.4, -0.2) is 27.3 Å². The fraction of sp³-hybridized carbons (Fsp3) is 0. The predicted octanol–water partition coefficient (Wildman–Crippen LogP) is -0.604. The van der Waals surface area contributed by atoms with Crippen LogP contribution < -0.4 is 0 Å². The average Bonchev–Trinajstić information content (AvgIpc) is 1.12. The van der Waals surface area contributed by atoms with Crippen LogP contribution in [0.2, 0.25) is 0 Å². The lowest BCUT2D eigenvalue weighted by Gasteiger charge is -1.77. The Morgan fingerprint density at radius 2 is 1.20 bits per heavy atom. The van der Waals surface area contributed by atoms with Crippen molar-refractivity contribution in [3.8, 4) is 0 Å². The maximum atomic E-state index is 10.4. The first-order chi connectivity index (χ1) is 4.00. The molecule has 0 heterocycles. The van der Waals surface area contributed by atoms with Crippen LogP contribution in [0.1, 0.15) is 0 Å². The van der Waals surface area contributed by atoms with Crippen LogP contribution in [-0.2, 0) is 15.0 Å². The molecule has 0 aliphatic heterocycles. The first-order valence-corrected chi connectivity index (χ1v) is 4.35. The first-order valence-electron chi connectivity index (χ1n) is 1.45. The minimum Gasteiger partial charge on any atom is -0.299 e. The van der Waals surface area contributed by atoms with Crippen molar-refractivity contribution in [3.05, 3.63) is 0 Å². The number of hydrogen-bond acceptors (Lipinski definition) is 3. The van der Waals surface area contributed by atoms with Crippen LogP contribution in [0.25, 0.3) is 0 Å². The van der Waals surface area contributed by atoms with Crippen molar-refractivity contribution in [1.29, 1.82) is 0 Å². The standard InChI is InChI=1S/FH2O3P.H2O4S/c2*1-5(2,3)4/h(H2,2,3,4);(H2,1,2,3,4). The van der Waals surface area contributed by atoms with E-state index in [0.717, 1.165) is 0 Å². The van der Waals surface area contributed by atoms with Crippen molar-refractivity contribution in [3.63, 3.8) is 0 Å². The summed E-state index contributed by atoms with van der Waals surface area (Å²) in [5.74, 6) is 0. The highest BCUT2D eigenvalue weighted by Gasteiger charge is 2.04. The molecule has 4 N–H and O–H groups in total. The van der Waals surface area contributed by atoms with Gasteiger partial charge in [0.15, 0.2) is 0 Å². The lowest BCUT2D eigenvalue weighted by atomic mass is 15.8. The summed E-state index contributed by atoms with van der Waals surface area (Å²) in [7, 11) is -9.81. The Kier molecular flexibility index (Phi) is 5.00. The SMILES string of the molecule is O=P(O)(O)F.O=S(=O)(O)O. The molecule has 0 atom stereocenters. The molecule has 10 heavy (non-hydrogen) atoms. The largest absolute Gasteiger partial charge is 0.507 e. The molecule has 0 aliphatic rings. The zero-order valence-corrected chi connectivity index (χ0v) is 5.96. The van der Waals surface area contributed by atoms with Crippen LogP contribution in [0.5, 0.6) is 0 Å². The second-order valence-electron chi connectivity index (χ2n) is 0.921. The van der Waals surface area contributed by atoms with Crippen molar-refractivity contribution in [1.82, 2.24) is 0 Å². The van der Waals surface area contributed by atoms with Gasteiger partial charge in [-0.15, -0.1) is 4.20 Å². The van der Waals surface area contributed by atoms with Crippen molar-refractivity contribution >= 4 is 18.3 Å². The average molecular weight is 198 g/mol. The number of hydrogen-bond donors (Lipinski definition) is 4. The highest BCUT2D eigenvalue weighted by molar-refractivity contribution is 7.79. The smallest absolute Gasteiger partial charge is 0.299 e. The van der Waals surface area contributed by atoms with Crippen molar-refractivity contribution in [2.75, 3.05) is 0 Å². The van der Waals surface area contributed by atoms with Gasteiger partial charge in [0.1, 0.15) is 0 Å². The Balaban J connectivity index is 0. The van der Waals surface area contributed by atoms with Gasteiger partial charge < -0.3 is 0 Å². The summed E-state index contributed by atoms with van der Waals surface area (Å²) >= 11 is 0. The Morgan fingerprint density at radius 1 is 1.20 bits per heavy atom. The normalized spacial score (nSPS) is 11.7. The molecule has 0 radical (unpaired) electrons. The molecule has 0 aromatic carbocycles. The summed E-state index contributed by atoms with van der Waals surface area (Å²) in [4.78, 5) is 13.9. The van der Waals surface area contributed by atoms with Crippen molar-refractivity contribution in [2.45, 2.75) is 0 Å². The molecule has 0 bridgehead atoms. The van der Waals surface area contributed by atoms with Crippen LogP contribution in [0.15, 0.2) is 0 Å². The molecule has 0 aromatic heterocycles. The van der Waals surface area contributed by atoms with Crippen LogP contribution in [0.4, 0.5) is 4.20 Å². The monoisotopic (exact) mass is 198 g/mol. The Morgan fingerprint density at radius 3 is 1.20 bits per heavy atom. The Bertz CT molecular complexity index is 191. The molecule has 0 amide bonds. The third-order valence-corrected chi connectivity index (χ3v) is 0. The maximum absolute atomic E-state index is 10.4. The van der Waals surface area contributed by atoms with Crippen LogP contribution in [0.3, 0.4) is 0 Å². The lowest BCUT2D eigenvalue weighted by Crippen LogP contribution is -1.89. The van der Waals surface area contributed by atoms with E-state index in [1.807, 2.05) is 0 Å². The molecular formula is H4FO7PS. The van der Waals surface area contributed by atoms with E-state index in [2.05, 4.69) is 0 Å². The van der Waals surface area contributed by atoms with Gasteiger partial charge in [-0.25, -0.2) is 4.57 Å². The summed E-state index contributed by atoms with van der Waals surface area (Å²) < 4.78 is 50.6. The molecule has 10 heteroatoms. The second kappa shape index (κ2) is 3.96. The van der Waals surface area contributed by atoms with Crippen LogP contribution in [0, 0.1) is 0 Å². The number of halogens is 1. The quantitative estimate of drug-likeness (QED) is 0.301. The Hall–Kier alpha value is -0.0500. The fourth-order valence-electron chi connectivity index (χ4n) is 0. The highest BCUT2D eigenvalue weighted by Crippen LogP contribution is 2.34. The molecule has 0 saturated heterocycles. The fourth-order valence-corrected chi connectivity index (χ4v) is 0. The second-order valence-corrected chi connectivity index (χ2v) is 2.76. The molecule has 0 fully saturated rings. The van der Waals surface area contributed by atoms with E-state index in [0.29, 0.717) is 0 Å². The first kappa shape index (κ1) is 12.6. The van der Waals surface area contributed by atoms with Crippen LogP contribution >= 0.6 is 7.91 Å². The Labute approximate surface area is 55.4 Å². The summed E-state index contributed by atoms with van der Waals surface area (Å²) in [6.45, 7) is 0. The number of rotatable bonds is 0. The van der Waals surface area contributed by atoms with Gasteiger partial charge in [0, 0.05) is 0 Å². The molecule has 64 valence electrons. The van der Waals surface area contributed by atoms with Gasteiger partial charge in [0.05, 0.1) is 0 Å². The summed E-state index contributed by atoms with van der Waals surface area (Å²) in [5.41, 5.74) is 0. The molecule has 0 aromatic rings. The molecule has 0 rings (SSSR count). The third-order valence-electron chi connectivity index (χ3n) is 0. The topological polar surface area (TPSA) is 132 Å². The van der Waals surface area contributed by atoms with E-state index < -0.39 is 18.3 Å². The van der Waals surface area contributed by atoms with Gasteiger partial charge in [0.2, 0.25) is 0 Å². The molecule has 0 saturated carbocycles. The zero-order chi connectivity index (χ0) is 9.00. The van der Waals surface area contributed by atoms with E-state index in [-0.39, 0.29) is 0 Å². The summed E-state index contributed by atoms with van der Waals surface area (Å²) in [5, 5.41) is 0. The van der Waals surface area contributed by atoms with Gasteiger partial charge in [0.25, 0.3) is 0 Å². The molecule has 0 spiro atoms. The third kappa shape index (κ3) is 154000. The van der Waals surface area contributed by atoms with Crippen molar-refractivity contribution < 1.29 is 36.1 Å². The van der Waals surface area contributed by atoms with Gasteiger partial charge in [-0.1, -0.05) is 0 Å². The minimum absolute atomic E-state index is 4.67. The summed E-state index contributed by atoms with van der Waals surface area (Å²) in [6.07, 6.45) is 0. The maximum Gasteiger partial charge on any atom is 0.507 e. The van der Waals surface area contributed by atoms with Gasteiger partial charge >= 0.3 is 18.3 Å². The lowest BCUT2D eigenvalue weighted by molar-refractivity contribution is 0.322. The molecule has 0 unspecified atom stereocenters. The van der Waals surface area contributed by atoms with E-state index in [4.69, 9.17) is 31.9 Å². The minimum atomic E-state index is -5.14. The predicted molar refractivity (Wildman–Crippen MR) is 27.3 cm³/mol. The van der Waals surface area contributed by atoms with E-state index in [9.17, 15) is 4.20 Å². The zero-order valence-electron chi connectivity index (χ0n) is 4.25. The highest BCUT2D eigenvalue weighted by atomic mass is 32.3. The molecule has 0 aliphatic carbocycles. The van der Waals surface area contributed by atoms with Gasteiger partial charge in [-0.2, -0.15) is 8.42 Å². The van der Waals surface area contributed by atoms with E-state index in [1.54, 1.807) is 0 Å².